The Morgan fingerprint density at radius 1 is 1.19 bits per heavy atom. The van der Waals surface area contributed by atoms with Crippen LogP contribution in [0.2, 0.25) is 0 Å². The average molecular weight is 386 g/mol. The number of nitrogens with zero attached hydrogens (tertiary/aromatic N) is 1. The summed E-state index contributed by atoms with van der Waals surface area (Å²) >= 11 is 2.61. The van der Waals surface area contributed by atoms with Crippen molar-refractivity contribution in [1.82, 2.24) is 4.98 Å². The Kier molecular flexibility index (Phi) is 5.90. The number of aryl methyl sites for hydroxylation is 1. The number of esters is 1. The number of nitrogens with one attached hydrogen (secondary N) is 1. The molecule has 0 atom stereocenters. The molecule has 1 amide bonds. The van der Waals surface area contributed by atoms with E-state index in [1.165, 1.54) is 11.8 Å². The lowest BCUT2D eigenvalue weighted by Gasteiger charge is -2.06. The molecule has 0 spiro atoms. The molecule has 1 heterocycles. The number of anilines is 1. The standard InChI is InChI=1S/C19H18N2O3S2/c1-3-24-18(23)17-12(2)20-19(26-17)21-16(22)11-25-15-10-6-8-13-7-4-5-9-14(13)15/h4-10H,3,11H2,1-2H3,(H,20,21,22). The first-order valence-electron chi connectivity index (χ1n) is 8.13. The van der Waals surface area contributed by atoms with Crippen LogP contribution in [0.1, 0.15) is 22.3 Å². The van der Waals surface area contributed by atoms with Gasteiger partial charge in [-0.2, -0.15) is 0 Å². The molecule has 7 heteroatoms. The first-order valence-corrected chi connectivity index (χ1v) is 9.93. The molecule has 1 aromatic heterocycles. The van der Waals surface area contributed by atoms with Gasteiger partial charge in [-0.1, -0.05) is 47.7 Å². The van der Waals surface area contributed by atoms with Gasteiger partial charge in [0.25, 0.3) is 0 Å². The highest BCUT2D eigenvalue weighted by molar-refractivity contribution is 8.00. The molecular formula is C19H18N2O3S2. The molecule has 0 aliphatic heterocycles. The highest BCUT2D eigenvalue weighted by Gasteiger charge is 2.17. The third-order valence-corrected chi connectivity index (χ3v) is 5.74. The maximum atomic E-state index is 12.3. The predicted molar refractivity (Wildman–Crippen MR) is 106 cm³/mol. The number of carbonyl (C=O) groups excluding carboxylic acids is 2. The molecule has 0 saturated heterocycles. The van der Waals surface area contributed by atoms with E-state index in [1.807, 2.05) is 30.3 Å². The molecule has 0 saturated carbocycles. The topological polar surface area (TPSA) is 68.3 Å². The van der Waals surface area contributed by atoms with Gasteiger partial charge in [-0.05, 0) is 30.7 Å². The molecule has 1 N–H and O–H groups in total. The molecule has 2 aromatic carbocycles. The van der Waals surface area contributed by atoms with Crippen LogP contribution in [0.4, 0.5) is 5.13 Å². The van der Waals surface area contributed by atoms with E-state index in [9.17, 15) is 9.59 Å². The molecule has 5 nitrogen and oxygen atoms in total. The molecule has 134 valence electrons. The third-order valence-electron chi connectivity index (χ3n) is 3.61. The van der Waals surface area contributed by atoms with E-state index in [2.05, 4.69) is 22.4 Å². The second-order valence-electron chi connectivity index (χ2n) is 5.47. The minimum absolute atomic E-state index is 0.160. The fourth-order valence-corrected chi connectivity index (χ4v) is 4.21. The summed E-state index contributed by atoms with van der Waals surface area (Å²) in [5.74, 6) is -0.304. The lowest BCUT2D eigenvalue weighted by Crippen LogP contribution is -2.13. The molecule has 0 radical (unpaired) electrons. The Balaban J connectivity index is 1.64. The van der Waals surface area contributed by atoms with E-state index < -0.39 is 5.97 Å². The second-order valence-corrected chi connectivity index (χ2v) is 7.48. The quantitative estimate of drug-likeness (QED) is 0.499. The van der Waals surface area contributed by atoms with Gasteiger partial charge in [0.1, 0.15) is 4.88 Å². The average Bonchev–Trinajstić information content (AvgIpc) is 3.00. The number of thioether (sulfide) groups is 1. The van der Waals surface area contributed by atoms with Gasteiger partial charge in [-0.15, -0.1) is 11.8 Å². The fourth-order valence-electron chi connectivity index (χ4n) is 2.46. The van der Waals surface area contributed by atoms with E-state index in [0.717, 1.165) is 27.0 Å². The highest BCUT2D eigenvalue weighted by atomic mass is 32.2. The summed E-state index contributed by atoms with van der Waals surface area (Å²) in [5, 5.41) is 5.44. The number of hydrogen-bond donors (Lipinski definition) is 1. The zero-order valence-electron chi connectivity index (χ0n) is 14.4. The lowest BCUT2D eigenvalue weighted by molar-refractivity contribution is -0.113. The van der Waals surface area contributed by atoms with E-state index in [1.54, 1.807) is 13.8 Å². The number of aromatic nitrogens is 1. The van der Waals surface area contributed by atoms with Crippen molar-refractivity contribution < 1.29 is 14.3 Å². The van der Waals surface area contributed by atoms with Crippen molar-refractivity contribution in [2.45, 2.75) is 18.7 Å². The molecule has 26 heavy (non-hydrogen) atoms. The van der Waals surface area contributed by atoms with E-state index in [0.29, 0.717) is 22.3 Å². The Morgan fingerprint density at radius 2 is 1.96 bits per heavy atom. The number of hydrogen-bond acceptors (Lipinski definition) is 6. The van der Waals surface area contributed by atoms with E-state index in [-0.39, 0.29) is 11.7 Å². The van der Waals surface area contributed by atoms with Crippen LogP contribution in [0.25, 0.3) is 10.8 Å². The van der Waals surface area contributed by atoms with Crippen molar-refractivity contribution in [3.8, 4) is 0 Å². The minimum Gasteiger partial charge on any atom is -0.462 e. The van der Waals surface area contributed by atoms with Crippen LogP contribution in [0, 0.1) is 6.92 Å². The van der Waals surface area contributed by atoms with Gasteiger partial charge in [0, 0.05) is 4.90 Å². The molecule has 0 fully saturated rings. The number of benzene rings is 2. The molecule has 0 aliphatic carbocycles. The summed E-state index contributed by atoms with van der Waals surface area (Å²) in [5.41, 5.74) is 0.561. The molecule has 3 rings (SSSR count). The van der Waals surface area contributed by atoms with Gasteiger partial charge in [-0.25, -0.2) is 9.78 Å². The Bertz CT molecular complexity index is 948. The SMILES string of the molecule is CCOC(=O)c1sc(NC(=O)CSc2cccc3ccccc23)nc1C. The summed E-state index contributed by atoms with van der Waals surface area (Å²) in [6.07, 6.45) is 0. The van der Waals surface area contributed by atoms with Gasteiger partial charge in [-0.3, -0.25) is 4.79 Å². The number of rotatable bonds is 6. The van der Waals surface area contributed by atoms with Crippen molar-refractivity contribution in [1.29, 1.82) is 0 Å². The Morgan fingerprint density at radius 3 is 2.77 bits per heavy atom. The highest BCUT2D eigenvalue weighted by Crippen LogP contribution is 2.28. The smallest absolute Gasteiger partial charge is 0.350 e. The molecule has 3 aromatic rings. The summed E-state index contributed by atoms with van der Waals surface area (Å²) in [7, 11) is 0. The Labute approximate surface area is 159 Å². The first kappa shape index (κ1) is 18.4. The molecular weight excluding hydrogens is 368 g/mol. The second kappa shape index (κ2) is 8.33. The van der Waals surface area contributed by atoms with Gasteiger partial charge in [0.15, 0.2) is 5.13 Å². The van der Waals surface area contributed by atoms with Crippen LogP contribution < -0.4 is 5.32 Å². The number of carbonyl (C=O) groups is 2. The molecule has 0 unspecified atom stereocenters. The van der Waals surface area contributed by atoms with Crippen LogP contribution in [-0.4, -0.2) is 29.2 Å². The molecule has 0 bridgehead atoms. The first-order chi connectivity index (χ1) is 12.6. The van der Waals surface area contributed by atoms with Crippen LogP contribution in [0.15, 0.2) is 47.4 Å². The van der Waals surface area contributed by atoms with Crippen molar-refractivity contribution in [3.63, 3.8) is 0 Å². The summed E-state index contributed by atoms with van der Waals surface area (Å²) < 4.78 is 4.99. The maximum Gasteiger partial charge on any atom is 0.350 e. The van der Waals surface area contributed by atoms with Gasteiger partial charge in [0.2, 0.25) is 5.91 Å². The Hall–Kier alpha value is -2.38. The number of thiazole rings is 1. The van der Waals surface area contributed by atoms with Crippen LogP contribution >= 0.6 is 23.1 Å². The number of ether oxygens (including phenoxy) is 1. The minimum atomic E-state index is -0.409. The molecule has 0 aliphatic rings. The largest absolute Gasteiger partial charge is 0.462 e. The van der Waals surface area contributed by atoms with Crippen LogP contribution in [-0.2, 0) is 9.53 Å². The third kappa shape index (κ3) is 4.23. The lowest BCUT2D eigenvalue weighted by atomic mass is 10.1. The van der Waals surface area contributed by atoms with Crippen molar-refractivity contribution in [2.24, 2.45) is 0 Å². The summed E-state index contributed by atoms with van der Waals surface area (Å²) in [6, 6.07) is 14.1. The number of amides is 1. The zero-order valence-corrected chi connectivity index (χ0v) is 16.1. The zero-order chi connectivity index (χ0) is 18.5. The van der Waals surface area contributed by atoms with Crippen molar-refractivity contribution >= 4 is 50.9 Å². The van der Waals surface area contributed by atoms with Crippen LogP contribution in [0.3, 0.4) is 0 Å². The fraction of sp³-hybridized carbons (Fsp3) is 0.211. The van der Waals surface area contributed by atoms with Crippen molar-refractivity contribution in [2.75, 3.05) is 17.7 Å². The predicted octanol–water partition coefficient (Wildman–Crippen LogP) is 4.51. The summed E-state index contributed by atoms with van der Waals surface area (Å²) in [4.78, 5) is 29.8. The maximum absolute atomic E-state index is 12.3. The summed E-state index contributed by atoms with van der Waals surface area (Å²) in [6.45, 7) is 3.78. The van der Waals surface area contributed by atoms with E-state index >= 15 is 0 Å². The van der Waals surface area contributed by atoms with Gasteiger partial charge >= 0.3 is 5.97 Å². The van der Waals surface area contributed by atoms with Crippen LogP contribution in [0.5, 0.6) is 0 Å². The number of fused-ring (bicyclic) bond motifs is 1. The van der Waals surface area contributed by atoms with Crippen molar-refractivity contribution in [3.05, 3.63) is 53.0 Å². The van der Waals surface area contributed by atoms with Gasteiger partial charge in [0.05, 0.1) is 18.1 Å². The monoisotopic (exact) mass is 386 g/mol. The van der Waals surface area contributed by atoms with E-state index in [4.69, 9.17) is 4.74 Å². The normalized spacial score (nSPS) is 10.7. The van der Waals surface area contributed by atoms with Gasteiger partial charge < -0.3 is 10.1 Å².